The molecule has 0 saturated carbocycles. The van der Waals surface area contributed by atoms with Crippen LogP contribution in [0.5, 0.6) is 0 Å². The zero-order chi connectivity index (χ0) is 12.6. The minimum Gasteiger partial charge on any atom is -0.473 e. The number of fused-ring (bicyclic) bond motifs is 1. The Hall–Kier alpha value is -1.15. The predicted molar refractivity (Wildman–Crippen MR) is 64.6 cm³/mol. The molecule has 1 saturated heterocycles. The summed E-state index contributed by atoms with van der Waals surface area (Å²) in [5.41, 5.74) is -0.796. The molecule has 3 aliphatic rings. The van der Waals surface area contributed by atoms with Crippen LogP contribution in [0, 0.1) is 0 Å². The average molecular weight is 270 g/mol. The zero-order valence-corrected chi connectivity index (χ0v) is 10.4. The highest BCUT2D eigenvalue weighted by atomic mass is 32.2. The van der Waals surface area contributed by atoms with E-state index in [2.05, 4.69) is 10.0 Å². The highest BCUT2D eigenvalue weighted by molar-refractivity contribution is 7.93. The standard InChI is InChI=1S/C11H14N2O4S/c14-18(15)9-2-1-5-12-10(9)17-11(8-13-18)3-6-16-7-4-11/h2-4,6-7,10,12-13H,1,5,8H2. The maximum Gasteiger partial charge on any atom is 0.240 e. The fourth-order valence-electron chi connectivity index (χ4n) is 2.15. The molecular weight excluding hydrogens is 256 g/mol. The van der Waals surface area contributed by atoms with Gasteiger partial charge in [0, 0.05) is 13.1 Å². The van der Waals surface area contributed by atoms with Crippen LogP contribution in [0.1, 0.15) is 6.42 Å². The molecule has 0 aliphatic carbocycles. The van der Waals surface area contributed by atoms with Gasteiger partial charge >= 0.3 is 0 Å². The second-order valence-corrected chi connectivity index (χ2v) is 6.14. The Balaban J connectivity index is 2.00. The third-order valence-corrected chi connectivity index (χ3v) is 4.65. The van der Waals surface area contributed by atoms with Gasteiger partial charge in [0.05, 0.1) is 17.4 Å². The first kappa shape index (κ1) is 11.9. The molecule has 0 aromatic rings. The second kappa shape index (κ2) is 4.20. The van der Waals surface area contributed by atoms with E-state index in [1.807, 2.05) is 0 Å². The molecule has 6 nitrogen and oxygen atoms in total. The van der Waals surface area contributed by atoms with Gasteiger partial charge in [-0.1, -0.05) is 6.08 Å². The Morgan fingerprint density at radius 2 is 2.11 bits per heavy atom. The molecule has 0 amide bonds. The third-order valence-electron chi connectivity index (χ3n) is 3.12. The predicted octanol–water partition coefficient (Wildman–Crippen LogP) is -0.0643. The van der Waals surface area contributed by atoms with Gasteiger partial charge in [0.25, 0.3) is 0 Å². The van der Waals surface area contributed by atoms with Crippen molar-refractivity contribution in [3.05, 3.63) is 35.7 Å². The van der Waals surface area contributed by atoms with Gasteiger partial charge < -0.3 is 9.47 Å². The molecule has 2 N–H and O–H groups in total. The number of rotatable bonds is 0. The van der Waals surface area contributed by atoms with Crippen molar-refractivity contribution >= 4 is 10.0 Å². The van der Waals surface area contributed by atoms with Gasteiger partial charge in [0.15, 0.2) is 0 Å². The number of ether oxygens (including phenoxy) is 2. The molecule has 1 unspecified atom stereocenters. The Bertz CT molecular complexity index is 523. The van der Waals surface area contributed by atoms with E-state index in [-0.39, 0.29) is 11.4 Å². The molecule has 0 bridgehead atoms. The molecule has 3 heterocycles. The SMILES string of the molecule is O=S1(=O)NCC2(C=COC=C2)OC2NCCC=C21. The summed E-state index contributed by atoms with van der Waals surface area (Å²) in [7, 11) is -3.48. The normalized spacial score (nSPS) is 32.2. The number of sulfonamides is 1. The molecule has 98 valence electrons. The molecule has 1 fully saturated rings. The van der Waals surface area contributed by atoms with E-state index >= 15 is 0 Å². The first-order valence-corrected chi connectivity index (χ1v) is 7.21. The van der Waals surface area contributed by atoms with Gasteiger partial charge in [-0.05, 0) is 18.6 Å². The van der Waals surface area contributed by atoms with E-state index in [4.69, 9.17) is 9.47 Å². The van der Waals surface area contributed by atoms with Crippen LogP contribution in [0.4, 0.5) is 0 Å². The van der Waals surface area contributed by atoms with Crippen molar-refractivity contribution in [1.82, 2.24) is 10.0 Å². The number of hydrogen-bond donors (Lipinski definition) is 2. The number of hydrogen-bond acceptors (Lipinski definition) is 5. The van der Waals surface area contributed by atoms with E-state index < -0.39 is 21.9 Å². The van der Waals surface area contributed by atoms with Crippen molar-refractivity contribution in [2.75, 3.05) is 13.1 Å². The monoisotopic (exact) mass is 270 g/mol. The highest BCUT2D eigenvalue weighted by Gasteiger charge is 2.41. The summed E-state index contributed by atoms with van der Waals surface area (Å²) >= 11 is 0. The lowest BCUT2D eigenvalue weighted by Gasteiger charge is -2.31. The molecule has 0 radical (unpaired) electrons. The van der Waals surface area contributed by atoms with E-state index in [9.17, 15) is 8.42 Å². The van der Waals surface area contributed by atoms with Crippen LogP contribution in [-0.4, -0.2) is 33.3 Å². The van der Waals surface area contributed by atoms with Crippen molar-refractivity contribution in [2.45, 2.75) is 18.2 Å². The summed E-state index contributed by atoms with van der Waals surface area (Å²) in [5.74, 6) is 0. The minimum atomic E-state index is -3.48. The third kappa shape index (κ3) is 1.99. The summed E-state index contributed by atoms with van der Waals surface area (Å²) in [6.07, 6.45) is 8.15. The van der Waals surface area contributed by atoms with Crippen molar-refractivity contribution in [3.63, 3.8) is 0 Å². The van der Waals surface area contributed by atoms with Crippen LogP contribution in [0.2, 0.25) is 0 Å². The van der Waals surface area contributed by atoms with Crippen LogP contribution in [0.25, 0.3) is 0 Å². The van der Waals surface area contributed by atoms with Crippen LogP contribution >= 0.6 is 0 Å². The smallest absolute Gasteiger partial charge is 0.240 e. The van der Waals surface area contributed by atoms with Crippen molar-refractivity contribution in [2.24, 2.45) is 0 Å². The Kier molecular flexibility index (Phi) is 2.78. The van der Waals surface area contributed by atoms with Crippen molar-refractivity contribution in [3.8, 4) is 0 Å². The number of nitrogens with one attached hydrogen (secondary N) is 2. The first-order valence-electron chi connectivity index (χ1n) is 5.73. The van der Waals surface area contributed by atoms with E-state index in [0.717, 1.165) is 0 Å². The molecule has 1 atom stereocenters. The van der Waals surface area contributed by atoms with Crippen LogP contribution in [0.15, 0.2) is 35.7 Å². The molecular formula is C11H14N2O4S. The van der Waals surface area contributed by atoms with Gasteiger partial charge in [-0.3, -0.25) is 5.32 Å². The molecule has 3 aliphatic heterocycles. The summed E-state index contributed by atoms with van der Waals surface area (Å²) in [6, 6.07) is 0. The first-order chi connectivity index (χ1) is 8.61. The molecule has 3 rings (SSSR count). The summed E-state index contributed by atoms with van der Waals surface area (Å²) in [6.45, 7) is 0.852. The lowest BCUT2D eigenvalue weighted by atomic mass is 10.0. The van der Waals surface area contributed by atoms with Crippen molar-refractivity contribution < 1.29 is 17.9 Å². The highest BCUT2D eigenvalue weighted by Crippen LogP contribution is 2.29. The lowest BCUT2D eigenvalue weighted by Crippen LogP contribution is -2.45. The molecule has 0 aromatic heterocycles. The Morgan fingerprint density at radius 3 is 2.89 bits per heavy atom. The molecule has 7 heteroatoms. The largest absolute Gasteiger partial charge is 0.473 e. The van der Waals surface area contributed by atoms with Gasteiger partial charge in [0.2, 0.25) is 10.0 Å². The Morgan fingerprint density at radius 1 is 1.33 bits per heavy atom. The van der Waals surface area contributed by atoms with Gasteiger partial charge in [-0.2, -0.15) is 0 Å². The molecule has 0 aromatic carbocycles. The topological polar surface area (TPSA) is 76.7 Å². The maximum atomic E-state index is 12.1. The summed E-state index contributed by atoms with van der Waals surface area (Å²) in [5, 5.41) is 3.07. The van der Waals surface area contributed by atoms with Crippen LogP contribution in [-0.2, 0) is 19.5 Å². The summed E-state index contributed by atoms with van der Waals surface area (Å²) in [4.78, 5) is 0.263. The van der Waals surface area contributed by atoms with E-state index in [0.29, 0.717) is 13.0 Å². The van der Waals surface area contributed by atoms with E-state index in [1.54, 1.807) is 18.2 Å². The second-order valence-electron chi connectivity index (χ2n) is 4.37. The average Bonchev–Trinajstić information content (AvgIpc) is 2.48. The minimum absolute atomic E-state index is 0.154. The van der Waals surface area contributed by atoms with Gasteiger partial charge in [0.1, 0.15) is 11.8 Å². The lowest BCUT2D eigenvalue weighted by molar-refractivity contribution is -0.0272. The maximum absolute atomic E-state index is 12.1. The van der Waals surface area contributed by atoms with Gasteiger partial charge in [-0.25, -0.2) is 13.1 Å². The molecule has 18 heavy (non-hydrogen) atoms. The van der Waals surface area contributed by atoms with Crippen molar-refractivity contribution in [1.29, 1.82) is 0 Å². The van der Waals surface area contributed by atoms with Crippen LogP contribution < -0.4 is 10.0 Å². The Labute approximate surface area is 105 Å². The fraction of sp³-hybridized carbons (Fsp3) is 0.455. The van der Waals surface area contributed by atoms with Crippen LogP contribution in [0.3, 0.4) is 0 Å². The molecule has 1 spiro atoms. The van der Waals surface area contributed by atoms with Gasteiger partial charge in [-0.15, -0.1) is 0 Å². The fourth-order valence-corrected chi connectivity index (χ4v) is 3.48. The van der Waals surface area contributed by atoms with E-state index in [1.165, 1.54) is 12.5 Å². The zero-order valence-electron chi connectivity index (χ0n) is 9.63. The summed E-state index contributed by atoms with van der Waals surface area (Å²) < 4.78 is 37.6. The quantitative estimate of drug-likeness (QED) is 0.644.